The van der Waals surface area contributed by atoms with E-state index in [1.165, 1.54) is 0 Å². The summed E-state index contributed by atoms with van der Waals surface area (Å²) in [7, 11) is 0. The SMILES string of the molecule is CSC(C)(C)CNCC1CCC(=O)N1. The predicted octanol–water partition coefficient (Wildman–Crippen LogP) is 0.996. The Morgan fingerprint density at radius 3 is 2.86 bits per heavy atom. The van der Waals surface area contributed by atoms with Crippen LogP contribution in [0.15, 0.2) is 0 Å². The van der Waals surface area contributed by atoms with E-state index in [9.17, 15) is 4.79 Å². The maximum atomic E-state index is 10.9. The molecule has 0 saturated carbocycles. The van der Waals surface area contributed by atoms with E-state index in [1.807, 2.05) is 11.8 Å². The molecule has 1 fully saturated rings. The third kappa shape index (κ3) is 3.88. The van der Waals surface area contributed by atoms with Crippen LogP contribution in [0.1, 0.15) is 26.7 Å². The van der Waals surface area contributed by atoms with Crippen molar-refractivity contribution >= 4 is 17.7 Å². The molecule has 0 aromatic rings. The third-order valence-corrected chi connectivity index (χ3v) is 3.83. The third-order valence-electron chi connectivity index (χ3n) is 2.58. The molecule has 1 aliphatic rings. The monoisotopic (exact) mass is 216 g/mol. The number of rotatable bonds is 5. The largest absolute Gasteiger partial charge is 0.352 e. The van der Waals surface area contributed by atoms with Crippen molar-refractivity contribution < 1.29 is 4.79 Å². The van der Waals surface area contributed by atoms with E-state index in [0.717, 1.165) is 19.5 Å². The van der Waals surface area contributed by atoms with E-state index in [2.05, 4.69) is 30.7 Å². The van der Waals surface area contributed by atoms with Gasteiger partial charge in [0.25, 0.3) is 0 Å². The molecule has 1 saturated heterocycles. The first-order valence-electron chi connectivity index (χ1n) is 5.09. The molecule has 1 rings (SSSR count). The summed E-state index contributed by atoms with van der Waals surface area (Å²) in [5, 5.41) is 6.35. The van der Waals surface area contributed by atoms with Crippen molar-refractivity contribution in [2.75, 3.05) is 19.3 Å². The number of thioether (sulfide) groups is 1. The van der Waals surface area contributed by atoms with Crippen molar-refractivity contribution in [2.45, 2.75) is 37.5 Å². The minimum atomic E-state index is 0.195. The lowest BCUT2D eigenvalue weighted by molar-refractivity contribution is -0.119. The molecule has 0 radical (unpaired) electrons. The standard InChI is InChI=1S/C10H20N2OS/c1-10(2,14-3)7-11-6-8-4-5-9(13)12-8/h8,11H,4-7H2,1-3H3,(H,12,13). The molecule has 1 unspecified atom stereocenters. The molecule has 0 bridgehead atoms. The molecule has 4 heteroatoms. The predicted molar refractivity (Wildman–Crippen MR) is 61.6 cm³/mol. The van der Waals surface area contributed by atoms with Crippen LogP contribution < -0.4 is 10.6 Å². The van der Waals surface area contributed by atoms with Gasteiger partial charge in [-0.2, -0.15) is 11.8 Å². The van der Waals surface area contributed by atoms with Gasteiger partial charge in [-0.1, -0.05) is 0 Å². The van der Waals surface area contributed by atoms with Gasteiger partial charge in [-0.3, -0.25) is 4.79 Å². The van der Waals surface area contributed by atoms with Gasteiger partial charge in [0.05, 0.1) is 0 Å². The molecule has 1 atom stereocenters. The minimum Gasteiger partial charge on any atom is -0.352 e. The summed E-state index contributed by atoms with van der Waals surface area (Å²) in [5.74, 6) is 0.195. The Balaban J connectivity index is 2.12. The second-order valence-corrected chi connectivity index (χ2v) is 5.91. The molecule has 0 aliphatic carbocycles. The van der Waals surface area contributed by atoms with Crippen LogP contribution >= 0.6 is 11.8 Å². The Hall–Kier alpha value is -0.220. The lowest BCUT2D eigenvalue weighted by Gasteiger charge is -2.23. The fourth-order valence-corrected chi connectivity index (χ4v) is 1.70. The van der Waals surface area contributed by atoms with Gasteiger partial charge in [-0.25, -0.2) is 0 Å². The van der Waals surface area contributed by atoms with Crippen LogP contribution in [0, 0.1) is 0 Å². The van der Waals surface area contributed by atoms with Gasteiger partial charge in [0.15, 0.2) is 0 Å². The topological polar surface area (TPSA) is 41.1 Å². The van der Waals surface area contributed by atoms with Gasteiger partial charge >= 0.3 is 0 Å². The second-order valence-electron chi connectivity index (χ2n) is 4.40. The first-order valence-corrected chi connectivity index (χ1v) is 6.31. The Labute approximate surface area is 90.4 Å². The van der Waals surface area contributed by atoms with Crippen LogP contribution in [0.25, 0.3) is 0 Å². The van der Waals surface area contributed by atoms with Crippen molar-refractivity contribution in [3.63, 3.8) is 0 Å². The molecule has 82 valence electrons. The lowest BCUT2D eigenvalue weighted by Crippen LogP contribution is -2.40. The van der Waals surface area contributed by atoms with Crippen LogP contribution in [0.4, 0.5) is 0 Å². The van der Waals surface area contributed by atoms with Gasteiger partial charge < -0.3 is 10.6 Å². The van der Waals surface area contributed by atoms with Crippen LogP contribution in [-0.4, -0.2) is 36.0 Å². The average molecular weight is 216 g/mol. The lowest BCUT2D eigenvalue weighted by atomic mass is 10.2. The zero-order valence-electron chi connectivity index (χ0n) is 9.22. The summed E-state index contributed by atoms with van der Waals surface area (Å²) < 4.78 is 0.280. The van der Waals surface area contributed by atoms with Crippen LogP contribution in [0.2, 0.25) is 0 Å². The molecular weight excluding hydrogens is 196 g/mol. The van der Waals surface area contributed by atoms with Crippen molar-refractivity contribution in [1.29, 1.82) is 0 Å². The summed E-state index contributed by atoms with van der Waals surface area (Å²) in [5.41, 5.74) is 0. The molecule has 1 amide bonds. The number of nitrogens with one attached hydrogen (secondary N) is 2. The number of hydrogen-bond acceptors (Lipinski definition) is 3. The molecule has 0 spiro atoms. The summed E-state index contributed by atoms with van der Waals surface area (Å²) in [6, 6.07) is 0.347. The highest BCUT2D eigenvalue weighted by molar-refractivity contribution is 7.99. The van der Waals surface area contributed by atoms with E-state index in [1.54, 1.807) is 0 Å². The normalized spacial score (nSPS) is 22.5. The Bertz CT molecular complexity index is 206. The van der Waals surface area contributed by atoms with E-state index >= 15 is 0 Å². The highest BCUT2D eigenvalue weighted by atomic mass is 32.2. The van der Waals surface area contributed by atoms with Crippen molar-refractivity contribution in [3.8, 4) is 0 Å². The highest BCUT2D eigenvalue weighted by Crippen LogP contribution is 2.19. The summed E-state index contributed by atoms with van der Waals surface area (Å²) in [4.78, 5) is 10.9. The first kappa shape index (κ1) is 11.9. The van der Waals surface area contributed by atoms with E-state index in [4.69, 9.17) is 0 Å². The minimum absolute atomic E-state index is 0.195. The Morgan fingerprint density at radius 1 is 1.64 bits per heavy atom. The summed E-state index contributed by atoms with van der Waals surface area (Å²) in [6.45, 7) is 6.33. The second kappa shape index (κ2) is 5.03. The Morgan fingerprint density at radius 2 is 2.36 bits per heavy atom. The maximum absolute atomic E-state index is 10.9. The van der Waals surface area contributed by atoms with Crippen molar-refractivity contribution in [3.05, 3.63) is 0 Å². The molecule has 0 aromatic carbocycles. The van der Waals surface area contributed by atoms with Gasteiger partial charge in [-0.05, 0) is 26.5 Å². The van der Waals surface area contributed by atoms with Crippen molar-refractivity contribution in [1.82, 2.24) is 10.6 Å². The molecule has 0 aromatic heterocycles. The van der Waals surface area contributed by atoms with E-state index < -0.39 is 0 Å². The van der Waals surface area contributed by atoms with Gasteiger partial charge in [-0.15, -0.1) is 0 Å². The zero-order chi connectivity index (χ0) is 10.6. The van der Waals surface area contributed by atoms with Crippen molar-refractivity contribution in [2.24, 2.45) is 0 Å². The first-order chi connectivity index (χ1) is 6.53. The average Bonchev–Trinajstić information content (AvgIpc) is 2.51. The zero-order valence-corrected chi connectivity index (χ0v) is 10.0. The summed E-state index contributed by atoms with van der Waals surface area (Å²) >= 11 is 1.86. The number of carbonyl (C=O) groups excluding carboxylic acids is 1. The number of carbonyl (C=O) groups is 1. The summed E-state index contributed by atoms with van der Waals surface area (Å²) in [6.07, 6.45) is 3.79. The molecular formula is C10H20N2OS. The quantitative estimate of drug-likeness (QED) is 0.720. The number of amides is 1. The fourth-order valence-electron chi connectivity index (χ4n) is 1.45. The fraction of sp³-hybridized carbons (Fsp3) is 0.900. The maximum Gasteiger partial charge on any atom is 0.220 e. The van der Waals surface area contributed by atoms with Gasteiger partial charge in [0, 0.05) is 30.3 Å². The highest BCUT2D eigenvalue weighted by Gasteiger charge is 2.21. The van der Waals surface area contributed by atoms with Gasteiger partial charge in [0.2, 0.25) is 5.91 Å². The molecule has 2 N–H and O–H groups in total. The molecule has 1 aliphatic heterocycles. The smallest absolute Gasteiger partial charge is 0.220 e. The molecule has 1 heterocycles. The van der Waals surface area contributed by atoms with E-state index in [0.29, 0.717) is 12.5 Å². The van der Waals surface area contributed by atoms with Crippen LogP contribution in [0.3, 0.4) is 0 Å². The Kier molecular flexibility index (Phi) is 4.26. The molecule has 3 nitrogen and oxygen atoms in total. The van der Waals surface area contributed by atoms with E-state index in [-0.39, 0.29) is 10.7 Å². The van der Waals surface area contributed by atoms with Crippen LogP contribution in [-0.2, 0) is 4.79 Å². The molecule has 14 heavy (non-hydrogen) atoms. The number of hydrogen-bond donors (Lipinski definition) is 2. The van der Waals surface area contributed by atoms with Gasteiger partial charge in [0.1, 0.15) is 0 Å². The van der Waals surface area contributed by atoms with Crippen LogP contribution in [0.5, 0.6) is 0 Å².